The van der Waals surface area contributed by atoms with Crippen molar-refractivity contribution < 1.29 is 9.59 Å². The van der Waals surface area contributed by atoms with E-state index >= 15 is 0 Å². The van der Waals surface area contributed by atoms with Gasteiger partial charge in [0.05, 0.1) is 28.1 Å². The lowest BCUT2D eigenvalue weighted by Crippen LogP contribution is -2.14. The number of anilines is 1. The first kappa shape index (κ1) is 20.7. The lowest BCUT2D eigenvalue weighted by Gasteiger charge is -2.01. The van der Waals surface area contributed by atoms with Gasteiger partial charge in [-0.1, -0.05) is 66.4 Å². The van der Waals surface area contributed by atoms with Gasteiger partial charge in [-0.3, -0.25) is 9.59 Å². The minimum Gasteiger partial charge on any atom is -0.302 e. The van der Waals surface area contributed by atoms with Crippen molar-refractivity contribution >= 4 is 61.5 Å². The predicted octanol–water partition coefficient (Wildman–Crippen LogP) is 5.47. The first-order valence-electron chi connectivity index (χ1n) is 9.45. The molecule has 0 fully saturated rings. The molecule has 8 heteroatoms. The fourth-order valence-electron chi connectivity index (χ4n) is 2.83. The SMILES string of the molecule is CCc1ccc(C(=O)CSc2nc(CC(=O)Nc3nc4ccccc4s3)cs2)cc1. The first-order chi connectivity index (χ1) is 14.6. The Labute approximate surface area is 186 Å². The van der Waals surface area contributed by atoms with Crippen molar-refractivity contribution in [3.05, 3.63) is 70.7 Å². The normalized spacial score (nSPS) is 11.0. The van der Waals surface area contributed by atoms with E-state index in [1.807, 2.05) is 53.9 Å². The minimum absolute atomic E-state index is 0.0768. The largest absolute Gasteiger partial charge is 0.302 e. The molecule has 0 unspecified atom stereocenters. The molecule has 152 valence electrons. The van der Waals surface area contributed by atoms with Crippen LogP contribution < -0.4 is 5.32 Å². The van der Waals surface area contributed by atoms with Gasteiger partial charge in [0.25, 0.3) is 0 Å². The van der Waals surface area contributed by atoms with Gasteiger partial charge in [0, 0.05) is 10.9 Å². The van der Waals surface area contributed by atoms with Crippen LogP contribution in [-0.4, -0.2) is 27.4 Å². The number of thioether (sulfide) groups is 1. The lowest BCUT2D eigenvalue weighted by molar-refractivity contribution is -0.115. The molecule has 5 nitrogen and oxygen atoms in total. The van der Waals surface area contributed by atoms with Crippen molar-refractivity contribution in [1.82, 2.24) is 9.97 Å². The van der Waals surface area contributed by atoms with Crippen LogP contribution in [0.1, 0.15) is 28.5 Å². The molecule has 30 heavy (non-hydrogen) atoms. The summed E-state index contributed by atoms with van der Waals surface area (Å²) in [6, 6.07) is 15.5. The van der Waals surface area contributed by atoms with E-state index in [9.17, 15) is 9.59 Å². The van der Waals surface area contributed by atoms with Gasteiger partial charge in [0.1, 0.15) is 0 Å². The summed E-state index contributed by atoms with van der Waals surface area (Å²) >= 11 is 4.31. The minimum atomic E-state index is -0.150. The molecule has 0 radical (unpaired) electrons. The number of para-hydroxylation sites is 1. The van der Waals surface area contributed by atoms with Crippen molar-refractivity contribution in [2.75, 3.05) is 11.1 Å². The van der Waals surface area contributed by atoms with E-state index in [4.69, 9.17) is 0 Å². The molecule has 0 atom stereocenters. The highest BCUT2D eigenvalue weighted by Crippen LogP contribution is 2.26. The van der Waals surface area contributed by atoms with Crippen LogP contribution in [0.3, 0.4) is 0 Å². The number of aryl methyl sites for hydroxylation is 1. The Bertz CT molecular complexity index is 1150. The van der Waals surface area contributed by atoms with Crippen LogP contribution in [0.15, 0.2) is 58.3 Å². The summed E-state index contributed by atoms with van der Waals surface area (Å²) in [5.74, 6) is 0.257. The van der Waals surface area contributed by atoms with Crippen LogP contribution in [0.5, 0.6) is 0 Å². The van der Waals surface area contributed by atoms with Crippen LogP contribution in [0, 0.1) is 0 Å². The number of fused-ring (bicyclic) bond motifs is 1. The molecule has 0 bridgehead atoms. The molecule has 4 rings (SSSR count). The van der Waals surface area contributed by atoms with Crippen molar-refractivity contribution in [2.45, 2.75) is 24.1 Å². The highest BCUT2D eigenvalue weighted by atomic mass is 32.2. The van der Waals surface area contributed by atoms with Crippen LogP contribution in [0.2, 0.25) is 0 Å². The first-order valence-corrected chi connectivity index (χ1v) is 12.1. The van der Waals surface area contributed by atoms with Crippen molar-refractivity contribution in [1.29, 1.82) is 0 Å². The molecule has 0 aliphatic rings. The van der Waals surface area contributed by atoms with Crippen molar-refractivity contribution in [2.24, 2.45) is 0 Å². The third-order valence-electron chi connectivity index (χ3n) is 4.42. The van der Waals surface area contributed by atoms with Crippen molar-refractivity contribution in [3.63, 3.8) is 0 Å². The summed E-state index contributed by atoms with van der Waals surface area (Å²) in [5.41, 5.74) is 3.50. The summed E-state index contributed by atoms with van der Waals surface area (Å²) < 4.78 is 1.82. The molecular weight excluding hydrogens is 434 g/mol. The summed E-state index contributed by atoms with van der Waals surface area (Å²) in [5, 5.41) is 5.29. The average molecular weight is 454 g/mol. The number of Topliss-reactive ketones (excluding diaryl/α,β-unsaturated/α-hetero) is 1. The van der Waals surface area contributed by atoms with Crippen LogP contribution >= 0.6 is 34.4 Å². The average Bonchev–Trinajstić information content (AvgIpc) is 3.37. The van der Waals surface area contributed by atoms with Gasteiger partial charge in [-0.15, -0.1) is 11.3 Å². The monoisotopic (exact) mass is 453 g/mol. The number of hydrogen-bond donors (Lipinski definition) is 1. The van der Waals surface area contributed by atoms with Gasteiger partial charge in [-0.05, 0) is 24.1 Å². The van der Waals surface area contributed by atoms with Gasteiger partial charge in [-0.25, -0.2) is 9.97 Å². The molecule has 0 saturated heterocycles. The standard InChI is InChI=1S/C22H19N3O2S3/c1-2-14-7-9-15(10-8-14)18(26)13-29-22-23-16(12-28-22)11-20(27)25-21-24-17-5-3-4-6-19(17)30-21/h3-10,12H,2,11,13H2,1H3,(H,24,25,27). The zero-order valence-corrected chi connectivity index (χ0v) is 18.7. The molecule has 4 aromatic rings. The van der Waals surface area contributed by atoms with E-state index in [-0.39, 0.29) is 18.1 Å². The molecule has 1 amide bonds. The number of amides is 1. The molecule has 2 heterocycles. The summed E-state index contributed by atoms with van der Waals surface area (Å²) in [4.78, 5) is 33.6. The fourth-order valence-corrected chi connectivity index (χ4v) is 5.45. The summed E-state index contributed by atoms with van der Waals surface area (Å²) in [6.07, 6.45) is 1.14. The van der Waals surface area contributed by atoms with E-state index in [2.05, 4.69) is 22.2 Å². The second-order valence-electron chi connectivity index (χ2n) is 6.58. The maximum atomic E-state index is 12.4. The highest BCUT2D eigenvalue weighted by Gasteiger charge is 2.13. The lowest BCUT2D eigenvalue weighted by atomic mass is 10.1. The molecule has 0 spiro atoms. The number of nitrogens with zero attached hydrogens (tertiary/aromatic N) is 2. The number of hydrogen-bond acceptors (Lipinski definition) is 7. The Kier molecular flexibility index (Phi) is 6.56. The summed E-state index contributed by atoms with van der Waals surface area (Å²) in [7, 11) is 0. The number of ketones is 1. The second kappa shape index (κ2) is 9.51. The van der Waals surface area contributed by atoms with E-state index < -0.39 is 0 Å². The smallest absolute Gasteiger partial charge is 0.232 e. The maximum Gasteiger partial charge on any atom is 0.232 e. The number of benzene rings is 2. The molecule has 2 aromatic heterocycles. The Balaban J connectivity index is 1.29. The number of rotatable bonds is 8. The summed E-state index contributed by atoms with van der Waals surface area (Å²) in [6.45, 7) is 2.09. The van der Waals surface area contributed by atoms with Gasteiger partial charge in [0.2, 0.25) is 5.91 Å². The molecule has 0 aliphatic heterocycles. The third kappa shape index (κ3) is 5.13. The van der Waals surface area contributed by atoms with E-state index in [1.54, 1.807) is 0 Å². The van der Waals surface area contributed by atoms with E-state index in [0.29, 0.717) is 22.1 Å². The Morgan fingerprint density at radius 3 is 2.63 bits per heavy atom. The Morgan fingerprint density at radius 2 is 1.87 bits per heavy atom. The number of carbonyl (C=O) groups excluding carboxylic acids is 2. The van der Waals surface area contributed by atoms with Gasteiger partial charge < -0.3 is 5.32 Å². The Hall–Kier alpha value is -2.55. The zero-order chi connectivity index (χ0) is 20.9. The topological polar surface area (TPSA) is 72.0 Å². The Morgan fingerprint density at radius 1 is 1.07 bits per heavy atom. The van der Waals surface area contributed by atoms with Crippen LogP contribution in [0.25, 0.3) is 10.2 Å². The predicted molar refractivity (Wildman–Crippen MR) is 125 cm³/mol. The van der Waals surface area contributed by atoms with Crippen molar-refractivity contribution in [3.8, 4) is 0 Å². The van der Waals surface area contributed by atoms with Gasteiger partial charge in [0.15, 0.2) is 15.3 Å². The van der Waals surface area contributed by atoms with E-state index in [0.717, 1.165) is 21.0 Å². The number of aromatic nitrogens is 2. The number of carbonyl (C=O) groups is 2. The zero-order valence-electron chi connectivity index (χ0n) is 16.3. The molecule has 2 aromatic carbocycles. The third-order valence-corrected chi connectivity index (χ3v) is 7.45. The second-order valence-corrected chi connectivity index (χ2v) is 9.69. The van der Waals surface area contributed by atoms with Gasteiger partial charge >= 0.3 is 0 Å². The molecule has 0 saturated carbocycles. The van der Waals surface area contributed by atoms with Gasteiger partial charge in [-0.2, -0.15) is 0 Å². The fraction of sp³-hybridized carbons (Fsp3) is 0.182. The number of thiazole rings is 2. The number of nitrogens with one attached hydrogen (secondary N) is 1. The molecular formula is C22H19N3O2S3. The molecule has 0 aliphatic carbocycles. The maximum absolute atomic E-state index is 12.4. The highest BCUT2D eigenvalue weighted by molar-refractivity contribution is 8.01. The van der Waals surface area contributed by atoms with Crippen LogP contribution in [0.4, 0.5) is 5.13 Å². The quantitative estimate of drug-likeness (QED) is 0.283. The van der Waals surface area contributed by atoms with E-state index in [1.165, 1.54) is 40.0 Å². The van der Waals surface area contributed by atoms with Crippen LogP contribution in [-0.2, 0) is 17.6 Å². The molecule has 1 N–H and O–H groups in total.